The molecular formula is C11H16N2O2S. The van der Waals surface area contributed by atoms with Gasteiger partial charge in [-0.1, -0.05) is 18.2 Å². The highest BCUT2D eigenvalue weighted by molar-refractivity contribution is 7.89. The molecule has 0 aliphatic heterocycles. The van der Waals surface area contributed by atoms with Crippen molar-refractivity contribution in [3.05, 3.63) is 29.8 Å². The SMILES string of the molecule is CC1(NS(=O)(=O)c2ccccc2CN)CC1. The Morgan fingerprint density at radius 3 is 2.56 bits per heavy atom. The lowest BCUT2D eigenvalue weighted by atomic mass is 10.2. The molecule has 88 valence electrons. The largest absolute Gasteiger partial charge is 0.326 e. The van der Waals surface area contributed by atoms with Gasteiger partial charge in [0.25, 0.3) is 0 Å². The Balaban J connectivity index is 2.35. The Kier molecular flexibility index (Phi) is 2.77. The molecule has 0 aromatic heterocycles. The van der Waals surface area contributed by atoms with Crippen LogP contribution in [0.4, 0.5) is 0 Å². The third kappa shape index (κ3) is 2.26. The highest BCUT2D eigenvalue weighted by Crippen LogP contribution is 2.36. The van der Waals surface area contributed by atoms with Gasteiger partial charge < -0.3 is 5.73 Å². The predicted octanol–water partition coefficient (Wildman–Crippen LogP) is 0.976. The smallest absolute Gasteiger partial charge is 0.241 e. The zero-order chi connectivity index (χ0) is 11.8. The van der Waals surface area contributed by atoms with Crippen molar-refractivity contribution in [2.24, 2.45) is 5.73 Å². The van der Waals surface area contributed by atoms with Crippen molar-refractivity contribution in [1.82, 2.24) is 4.72 Å². The molecule has 1 aliphatic carbocycles. The molecule has 0 bridgehead atoms. The van der Waals surface area contributed by atoms with Crippen LogP contribution in [-0.4, -0.2) is 14.0 Å². The number of hydrogen-bond acceptors (Lipinski definition) is 3. The molecule has 0 radical (unpaired) electrons. The molecule has 0 atom stereocenters. The molecule has 0 saturated heterocycles. The van der Waals surface area contributed by atoms with E-state index in [9.17, 15) is 8.42 Å². The van der Waals surface area contributed by atoms with E-state index < -0.39 is 10.0 Å². The summed E-state index contributed by atoms with van der Waals surface area (Å²) in [5, 5.41) is 0. The summed E-state index contributed by atoms with van der Waals surface area (Å²) in [7, 11) is -3.43. The van der Waals surface area contributed by atoms with Crippen LogP contribution < -0.4 is 10.5 Å². The normalized spacial score (nSPS) is 18.4. The summed E-state index contributed by atoms with van der Waals surface area (Å²) in [6.45, 7) is 2.14. The van der Waals surface area contributed by atoms with E-state index in [1.165, 1.54) is 0 Å². The van der Waals surface area contributed by atoms with Crippen LogP contribution in [0, 0.1) is 0 Å². The molecule has 0 amide bonds. The number of sulfonamides is 1. The van der Waals surface area contributed by atoms with E-state index in [0.29, 0.717) is 10.5 Å². The molecule has 1 aromatic carbocycles. The van der Waals surface area contributed by atoms with Crippen molar-refractivity contribution in [3.8, 4) is 0 Å². The Morgan fingerprint density at radius 1 is 1.38 bits per heavy atom. The lowest BCUT2D eigenvalue weighted by molar-refractivity contribution is 0.557. The van der Waals surface area contributed by atoms with Gasteiger partial charge in [-0.3, -0.25) is 0 Å². The van der Waals surface area contributed by atoms with E-state index in [-0.39, 0.29) is 12.1 Å². The van der Waals surface area contributed by atoms with Crippen LogP contribution in [0.15, 0.2) is 29.2 Å². The fourth-order valence-corrected chi connectivity index (χ4v) is 3.32. The molecule has 4 nitrogen and oxygen atoms in total. The number of nitrogens with two attached hydrogens (primary N) is 1. The van der Waals surface area contributed by atoms with Crippen LogP contribution in [0.3, 0.4) is 0 Å². The Hall–Kier alpha value is -0.910. The van der Waals surface area contributed by atoms with Crippen LogP contribution in [0.5, 0.6) is 0 Å². The van der Waals surface area contributed by atoms with Crippen molar-refractivity contribution < 1.29 is 8.42 Å². The lowest BCUT2D eigenvalue weighted by Gasteiger charge is -2.14. The van der Waals surface area contributed by atoms with Gasteiger partial charge in [-0.15, -0.1) is 0 Å². The molecule has 2 rings (SSSR count). The average molecular weight is 240 g/mol. The van der Waals surface area contributed by atoms with Gasteiger partial charge in [0.15, 0.2) is 0 Å². The predicted molar refractivity (Wildman–Crippen MR) is 62.3 cm³/mol. The summed E-state index contributed by atoms with van der Waals surface area (Å²) in [6, 6.07) is 6.84. The average Bonchev–Trinajstić information content (AvgIpc) is 2.95. The minimum atomic E-state index is -3.43. The van der Waals surface area contributed by atoms with Crippen LogP contribution in [0.2, 0.25) is 0 Å². The van der Waals surface area contributed by atoms with E-state index >= 15 is 0 Å². The van der Waals surface area contributed by atoms with Gasteiger partial charge >= 0.3 is 0 Å². The van der Waals surface area contributed by atoms with Crippen molar-refractivity contribution in [2.45, 2.75) is 36.7 Å². The molecule has 1 aliphatic rings. The molecular weight excluding hydrogens is 224 g/mol. The lowest BCUT2D eigenvalue weighted by Crippen LogP contribution is -2.34. The topological polar surface area (TPSA) is 72.2 Å². The second-order valence-electron chi connectivity index (χ2n) is 4.48. The fourth-order valence-electron chi connectivity index (χ4n) is 1.60. The van der Waals surface area contributed by atoms with E-state index in [2.05, 4.69) is 4.72 Å². The second-order valence-corrected chi connectivity index (χ2v) is 6.13. The van der Waals surface area contributed by atoms with Gasteiger partial charge in [0.2, 0.25) is 10.0 Å². The highest BCUT2D eigenvalue weighted by Gasteiger charge is 2.41. The highest BCUT2D eigenvalue weighted by atomic mass is 32.2. The second kappa shape index (κ2) is 3.84. The molecule has 16 heavy (non-hydrogen) atoms. The van der Waals surface area contributed by atoms with Crippen molar-refractivity contribution in [3.63, 3.8) is 0 Å². The van der Waals surface area contributed by atoms with Gasteiger partial charge in [-0.2, -0.15) is 0 Å². The first-order chi connectivity index (χ1) is 7.47. The Bertz CT molecular complexity index is 492. The summed E-state index contributed by atoms with van der Waals surface area (Å²) in [6.07, 6.45) is 1.80. The van der Waals surface area contributed by atoms with Crippen LogP contribution in [-0.2, 0) is 16.6 Å². The summed E-state index contributed by atoms with van der Waals surface area (Å²) >= 11 is 0. The van der Waals surface area contributed by atoms with Gasteiger partial charge in [0.1, 0.15) is 0 Å². The van der Waals surface area contributed by atoms with Crippen molar-refractivity contribution in [1.29, 1.82) is 0 Å². The minimum absolute atomic E-state index is 0.230. The molecule has 1 fully saturated rings. The van der Waals surface area contributed by atoms with Crippen LogP contribution in [0.25, 0.3) is 0 Å². The zero-order valence-electron chi connectivity index (χ0n) is 9.23. The molecule has 3 N–H and O–H groups in total. The van der Waals surface area contributed by atoms with Crippen LogP contribution in [0.1, 0.15) is 25.3 Å². The Morgan fingerprint density at radius 2 is 2.00 bits per heavy atom. The van der Waals surface area contributed by atoms with Crippen LogP contribution >= 0.6 is 0 Å². The molecule has 0 unspecified atom stereocenters. The molecule has 1 saturated carbocycles. The maximum atomic E-state index is 12.1. The third-order valence-electron chi connectivity index (χ3n) is 2.86. The number of benzene rings is 1. The first-order valence-corrected chi connectivity index (χ1v) is 6.77. The molecule has 1 aromatic rings. The number of rotatable bonds is 4. The first kappa shape index (κ1) is 11.6. The van der Waals surface area contributed by atoms with Crippen molar-refractivity contribution in [2.75, 3.05) is 0 Å². The van der Waals surface area contributed by atoms with Crippen molar-refractivity contribution >= 4 is 10.0 Å². The van der Waals surface area contributed by atoms with E-state index in [1.54, 1.807) is 24.3 Å². The maximum Gasteiger partial charge on any atom is 0.241 e. The number of nitrogens with one attached hydrogen (secondary N) is 1. The van der Waals surface area contributed by atoms with Gasteiger partial charge in [0.05, 0.1) is 4.90 Å². The number of hydrogen-bond donors (Lipinski definition) is 2. The first-order valence-electron chi connectivity index (χ1n) is 5.29. The molecule has 5 heteroatoms. The van der Waals surface area contributed by atoms with Gasteiger partial charge in [-0.25, -0.2) is 13.1 Å². The maximum absolute atomic E-state index is 12.1. The minimum Gasteiger partial charge on any atom is -0.326 e. The quantitative estimate of drug-likeness (QED) is 0.824. The van der Waals surface area contributed by atoms with E-state index in [0.717, 1.165) is 12.8 Å². The monoisotopic (exact) mass is 240 g/mol. The standard InChI is InChI=1S/C11H16N2O2S/c1-11(6-7-11)13-16(14,15)10-5-3-2-4-9(10)8-12/h2-5,13H,6-8,12H2,1H3. The fraction of sp³-hybridized carbons (Fsp3) is 0.455. The summed E-state index contributed by atoms with van der Waals surface area (Å²) in [5.74, 6) is 0. The third-order valence-corrected chi connectivity index (χ3v) is 4.60. The molecule has 0 spiro atoms. The van der Waals surface area contributed by atoms with Gasteiger partial charge in [-0.05, 0) is 31.4 Å². The zero-order valence-corrected chi connectivity index (χ0v) is 10.0. The molecule has 0 heterocycles. The Labute approximate surface area is 95.9 Å². The summed E-state index contributed by atoms with van der Waals surface area (Å²) in [4.78, 5) is 0.297. The summed E-state index contributed by atoms with van der Waals surface area (Å²) < 4.78 is 26.9. The summed E-state index contributed by atoms with van der Waals surface area (Å²) in [5.41, 5.74) is 5.94. The van der Waals surface area contributed by atoms with E-state index in [1.807, 2.05) is 6.92 Å². The van der Waals surface area contributed by atoms with E-state index in [4.69, 9.17) is 5.73 Å². The van der Waals surface area contributed by atoms with Gasteiger partial charge in [0, 0.05) is 12.1 Å².